The Morgan fingerprint density at radius 2 is 1.78 bits per heavy atom. The predicted molar refractivity (Wildman–Crippen MR) is 119 cm³/mol. The first-order valence-corrected chi connectivity index (χ1v) is 9.83. The Labute approximate surface area is 184 Å². The van der Waals surface area contributed by atoms with Gasteiger partial charge < -0.3 is 14.8 Å². The van der Waals surface area contributed by atoms with E-state index < -0.39 is 12.0 Å². The molecule has 1 amide bonds. The highest BCUT2D eigenvalue weighted by Crippen LogP contribution is 2.36. The molecule has 0 spiro atoms. The lowest BCUT2D eigenvalue weighted by Gasteiger charge is -2.16. The van der Waals surface area contributed by atoms with E-state index in [4.69, 9.17) is 9.47 Å². The summed E-state index contributed by atoms with van der Waals surface area (Å²) in [5, 5.41) is 10.1. The van der Waals surface area contributed by atoms with Gasteiger partial charge >= 0.3 is 0 Å². The molecule has 0 aliphatic rings. The van der Waals surface area contributed by atoms with Crippen LogP contribution in [0.2, 0.25) is 0 Å². The molecule has 0 radical (unpaired) electrons. The second kappa shape index (κ2) is 9.40. The number of aromatic amines is 1. The third kappa shape index (κ3) is 4.35. The maximum atomic E-state index is 13.4. The summed E-state index contributed by atoms with van der Waals surface area (Å²) in [6.45, 7) is 0. The van der Waals surface area contributed by atoms with Crippen molar-refractivity contribution in [3.63, 3.8) is 0 Å². The van der Waals surface area contributed by atoms with Gasteiger partial charge in [-0.15, -0.1) is 0 Å². The van der Waals surface area contributed by atoms with Crippen LogP contribution in [0.15, 0.2) is 73.1 Å². The minimum Gasteiger partial charge on any atom is -0.497 e. The third-order valence-electron chi connectivity index (χ3n) is 4.98. The number of nitrogens with zero attached hydrogens (tertiary/aromatic N) is 2. The maximum Gasteiger partial charge on any atom is 0.259 e. The first-order chi connectivity index (χ1) is 15.6. The van der Waals surface area contributed by atoms with Gasteiger partial charge in [-0.1, -0.05) is 12.1 Å². The lowest BCUT2D eigenvalue weighted by atomic mass is 10.0. The number of hydrogen-bond acceptors (Lipinski definition) is 5. The molecular weight excluding hydrogens is 411 g/mol. The van der Waals surface area contributed by atoms with Gasteiger partial charge in [0.15, 0.2) is 11.9 Å². The Bertz CT molecular complexity index is 1210. The number of amides is 1. The van der Waals surface area contributed by atoms with Gasteiger partial charge in [0.05, 0.1) is 18.4 Å². The van der Waals surface area contributed by atoms with Gasteiger partial charge in [-0.05, 0) is 59.7 Å². The maximum absolute atomic E-state index is 13.4. The van der Waals surface area contributed by atoms with E-state index in [1.807, 2.05) is 12.1 Å². The molecule has 2 N–H and O–H groups in total. The second-order valence-electron chi connectivity index (χ2n) is 6.95. The smallest absolute Gasteiger partial charge is 0.259 e. The van der Waals surface area contributed by atoms with Crippen molar-refractivity contribution < 1.29 is 18.7 Å². The summed E-state index contributed by atoms with van der Waals surface area (Å²) in [5.74, 6) is 0.209. The van der Waals surface area contributed by atoms with Gasteiger partial charge in [-0.2, -0.15) is 5.10 Å². The molecule has 4 rings (SSSR count). The van der Waals surface area contributed by atoms with Gasteiger partial charge in [-0.3, -0.25) is 14.9 Å². The summed E-state index contributed by atoms with van der Waals surface area (Å²) in [6.07, 6.45) is 2.43. The highest BCUT2D eigenvalue weighted by atomic mass is 19.1. The minimum atomic E-state index is -0.874. The Balaban J connectivity index is 1.71. The zero-order chi connectivity index (χ0) is 22.5. The second-order valence-corrected chi connectivity index (χ2v) is 6.95. The van der Waals surface area contributed by atoms with Crippen LogP contribution in [0.3, 0.4) is 0 Å². The number of methoxy groups -OCH3 is 2. The number of H-pyrrole nitrogens is 1. The SMILES string of the molecule is COc1cccc(C(OC)C(=O)Nc2n[nH]c(-c3ccc(F)cc3)c2-c2ccncc2)c1. The number of nitrogens with one attached hydrogen (secondary N) is 2. The van der Waals surface area contributed by atoms with Crippen molar-refractivity contribution in [1.82, 2.24) is 15.2 Å². The highest BCUT2D eigenvalue weighted by Gasteiger charge is 2.25. The van der Waals surface area contributed by atoms with Gasteiger partial charge in [0.1, 0.15) is 11.6 Å². The number of pyridine rings is 1. The zero-order valence-corrected chi connectivity index (χ0v) is 17.5. The molecular formula is C24H21FN4O3. The lowest BCUT2D eigenvalue weighted by molar-refractivity contribution is -0.126. The van der Waals surface area contributed by atoms with Gasteiger partial charge in [0, 0.05) is 25.1 Å². The molecule has 1 unspecified atom stereocenters. The summed E-state index contributed by atoms with van der Waals surface area (Å²) < 4.78 is 24.1. The van der Waals surface area contributed by atoms with E-state index >= 15 is 0 Å². The summed E-state index contributed by atoms with van der Waals surface area (Å²) in [7, 11) is 3.02. The van der Waals surface area contributed by atoms with E-state index in [1.165, 1.54) is 19.2 Å². The van der Waals surface area contributed by atoms with Crippen LogP contribution in [0.1, 0.15) is 11.7 Å². The van der Waals surface area contributed by atoms with Gasteiger partial charge in [0.2, 0.25) is 0 Å². The molecule has 4 aromatic rings. The molecule has 1 atom stereocenters. The Morgan fingerprint density at radius 3 is 2.47 bits per heavy atom. The molecule has 0 aliphatic carbocycles. The van der Waals surface area contributed by atoms with Crippen molar-refractivity contribution in [2.24, 2.45) is 0 Å². The van der Waals surface area contributed by atoms with Crippen LogP contribution in [0.5, 0.6) is 5.75 Å². The van der Waals surface area contributed by atoms with Crippen LogP contribution in [-0.2, 0) is 9.53 Å². The molecule has 32 heavy (non-hydrogen) atoms. The number of benzene rings is 2. The van der Waals surface area contributed by atoms with Crippen LogP contribution in [0.25, 0.3) is 22.4 Å². The van der Waals surface area contributed by atoms with Crippen LogP contribution in [0.4, 0.5) is 10.2 Å². The van der Waals surface area contributed by atoms with Crippen molar-refractivity contribution in [3.8, 4) is 28.1 Å². The number of carbonyl (C=O) groups is 1. The quantitative estimate of drug-likeness (QED) is 0.445. The predicted octanol–water partition coefficient (Wildman–Crippen LogP) is 4.61. The normalized spacial score (nSPS) is 11.7. The first-order valence-electron chi connectivity index (χ1n) is 9.83. The fourth-order valence-electron chi connectivity index (χ4n) is 3.44. The van der Waals surface area contributed by atoms with E-state index in [1.54, 1.807) is 55.9 Å². The molecule has 0 fully saturated rings. The number of carbonyl (C=O) groups excluding carboxylic acids is 1. The van der Waals surface area contributed by atoms with Gasteiger partial charge in [-0.25, -0.2) is 4.39 Å². The first kappa shape index (κ1) is 21.2. The zero-order valence-electron chi connectivity index (χ0n) is 17.5. The topological polar surface area (TPSA) is 89.1 Å². The molecule has 8 heteroatoms. The van der Waals surface area contributed by atoms with Crippen LogP contribution >= 0.6 is 0 Å². The highest BCUT2D eigenvalue weighted by molar-refractivity contribution is 6.00. The number of rotatable bonds is 7. The van der Waals surface area contributed by atoms with Crippen molar-refractivity contribution in [2.75, 3.05) is 19.5 Å². The summed E-state index contributed by atoms with van der Waals surface area (Å²) in [4.78, 5) is 17.2. The number of aromatic nitrogens is 3. The number of halogens is 1. The van der Waals surface area contributed by atoms with Crippen LogP contribution in [0, 0.1) is 5.82 Å². The minimum absolute atomic E-state index is 0.325. The van der Waals surface area contributed by atoms with E-state index in [0.29, 0.717) is 28.4 Å². The van der Waals surface area contributed by atoms with E-state index in [2.05, 4.69) is 20.5 Å². The number of hydrogen-bond donors (Lipinski definition) is 2. The van der Waals surface area contributed by atoms with E-state index in [-0.39, 0.29) is 5.82 Å². The molecule has 0 bridgehead atoms. The molecule has 2 aromatic carbocycles. The third-order valence-corrected chi connectivity index (χ3v) is 4.98. The van der Waals surface area contributed by atoms with Crippen molar-refractivity contribution >= 4 is 11.7 Å². The molecule has 0 saturated carbocycles. The molecule has 7 nitrogen and oxygen atoms in total. The Hall–Kier alpha value is -4.04. The largest absolute Gasteiger partial charge is 0.497 e. The number of ether oxygens (including phenoxy) is 2. The van der Waals surface area contributed by atoms with Crippen molar-refractivity contribution in [3.05, 3.63) is 84.4 Å². The Kier molecular flexibility index (Phi) is 6.23. The van der Waals surface area contributed by atoms with E-state index in [0.717, 1.165) is 11.1 Å². The van der Waals surface area contributed by atoms with Crippen LogP contribution in [-0.4, -0.2) is 35.3 Å². The lowest BCUT2D eigenvalue weighted by Crippen LogP contribution is -2.23. The monoisotopic (exact) mass is 432 g/mol. The van der Waals surface area contributed by atoms with Crippen LogP contribution < -0.4 is 10.1 Å². The molecule has 162 valence electrons. The number of anilines is 1. The molecule has 2 heterocycles. The van der Waals surface area contributed by atoms with Gasteiger partial charge in [0.25, 0.3) is 5.91 Å². The van der Waals surface area contributed by atoms with E-state index in [9.17, 15) is 9.18 Å². The molecule has 0 saturated heterocycles. The average molecular weight is 432 g/mol. The standard InChI is InChI=1S/C24H21FN4O3/c1-31-19-5-3-4-17(14-19)22(32-2)24(30)27-23-20(15-10-12-26-13-11-15)21(28-29-23)16-6-8-18(25)9-7-16/h3-14,22H,1-2H3,(H2,27,28,29,30). The average Bonchev–Trinajstić information content (AvgIpc) is 3.24. The van der Waals surface area contributed by atoms with Crippen molar-refractivity contribution in [1.29, 1.82) is 0 Å². The fourth-order valence-corrected chi connectivity index (χ4v) is 3.44. The molecule has 2 aromatic heterocycles. The summed E-state index contributed by atoms with van der Waals surface area (Å²) >= 11 is 0. The van der Waals surface area contributed by atoms with Crippen molar-refractivity contribution in [2.45, 2.75) is 6.10 Å². The molecule has 0 aliphatic heterocycles. The summed E-state index contributed by atoms with van der Waals surface area (Å²) in [6, 6.07) is 16.8. The fraction of sp³-hybridized carbons (Fsp3) is 0.125. The summed E-state index contributed by atoms with van der Waals surface area (Å²) in [5.41, 5.74) is 3.46. The Morgan fingerprint density at radius 1 is 1.03 bits per heavy atom.